The Balaban J connectivity index is 2.33. The number of carbonyl (C=O) groups is 1. The molecule has 0 saturated carbocycles. The lowest BCUT2D eigenvalue weighted by Gasteiger charge is -2.28. The van der Waals surface area contributed by atoms with Gasteiger partial charge in [-0.1, -0.05) is 0 Å². The number of rotatable bonds is 3. The van der Waals surface area contributed by atoms with Crippen LogP contribution in [0.25, 0.3) is 0 Å². The van der Waals surface area contributed by atoms with Crippen LogP contribution < -0.4 is 0 Å². The van der Waals surface area contributed by atoms with Crippen molar-refractivity contribution in [3.63, 3.8) is 0 Å². The maximum Gasteiger partial charge on any atom is 0.325 e. The lowest BCUT2D eigenvalue weighted by Crippen LogP contribution is -2.39. The second-order valence-corrected chi connectivity index (χ2v) is 3.13. The van der Waals surface area contributed by atoms with Gasteiger partial charge in [-0.3, -0.25) is 10.2 Å². The molecule has 1 N–H and O–H groups in total. The van der Waals surface area contributed by atoms with Gasteiger partial charge in [-0.2, -0.15) is 0 Å². The number of nitrogens with one attached hydrogen (secondary N) is 1. The minimum Gasteiger partial charge on any atom is -0.465 e. The van der Waals surface area contributed by atoms with E-state index >= 15 is 0 Å². The largest absolute Gasteiger partial charge is 0.465 e. The molecule has 0 atom stereocenters. The molecule has 1 aliphatic rings. The van der Waals surface area contributed by atoms with E-state index in [-0.39, 0.29) is 12.5 Å². The first kappa shape index (κ1) is 10.0. The summed E-state index contributed by atoms with van der Waals surface area (Å²) in [6.07, 6.45) is 2.93. The predicted molar refractivity (Wildman–Crippen MR) is 49.8 cm³/mol. The van der Waals surface area contributed by atoms with Crippen LogP contribution in [0.4, 0.5) is 0 Å². The van der Waals surface area contributed by atoms with E-state index in [0.717, 1.165) is 25.8 Å². The molecule has 4 heteroatoms. The number of likely N-dealkylation sites (tertiary alicyclic amines) is 1. The average Bonchev–Trinajstić information content (AvgIpc) is 2.09. The fourth-order valence-corrected chi connectivity index (χ4v) is 1.43. The van der Waals surface area contributed by atoms with Crippen LogP contribution in [0.3, 0.4) is 0 Å². The summed E-state index contributed by atoms with van der Waals surface area (Å²) >= 11 is 0. The van der Waals surface area contributed by atoms with Crippen LogP contribution in [-0.4, -0.2) is 36.4 Å². The summed E-state index contributed by atoms with van der Waals surface area (Å²) in [4.78, 5) is 12.9. The summed E-state index contributed by atoms with van der Waals surface area (Å²) in [5, 5.41) is 7.59. The van der Waals surface area contributed by atoms with E-state index in [0.29, 0.717) is 12.4 Å². The Bertz CT molecular complexity index is 204. The van der Waals surface area contributed by atoms with Crippen molar-refractivity contribution >= 4 is 11.8 Å². The van der Waals surface area contributed by atoms with Gasteiger partial charge in [-0.05, 0) is 19.8 Å². The molecule has 1 saturated heterocycles. The lowest BCUT2D eigenvalue weighted by atomic mass is 10.1. The van der Waals surface area contributed by atoms with Crippen molar-refractivity contribution < 1.29 is 9.53 Å². The van der Waals surface area contributed by atoms with Gasteiger partial charge in [0, 0.05) is 13.0 Å². The minimum absolute atomic E-state index is 0.228. The van der Waals surface area contributed by atoms with Crippen LogP contribution in [0.15, 0.2) is 0 Å². The molecule has 0 amide bonds. The third-order valence-corrected chi connectivity index (χ3v) is 2.10. The molecule has 0 spiro atoms. The van der Waals surface area contributed by atoms with Gasteiger partial charge < -0.3 is 9.64 Å². The first-order chi connectivity index (χ1) is 6.24. The van der Waals surface area contributed by atoms with Gasteiger partial charge in [0.25, 0.3) is 0 Å². The molecule has 1 rings (SSSR count). The van der Waals surface area contributed by atoms with Gasteiger partial charge >= 0.3 is 5.97 Å². The first-order valence-electron chi connectivity index (χ1n) is 4.72. The molecule has 4 nitrogen and oxygen atoms in total. The van der Waals surface area contributed by atoms with Crippen molar-refractivity contribution in [3.8, 4) is 0 Å². The summed E-state index contributed by atoms with van der Waals surface area (Å²) in [6.45, 7) is 3.27. The normalized spacial score (nSPS) is 17.3. The highest BCUT2D eigenvalue weighted by atomic mass is 16.5. The molecule has 0 bridgehead atoms. The Hall–Kier alpha value is -1.06. The fourth-order valence-electron chi connectivity index (χ4n) is 1.43. The topological polar surface area (TPSA) is 53.4 Å². The summed E-state index contributed by atoms with van der Waals surface area (Å²) in [6, 6.07) is 0. The third-order valence-electron chi connectivity index (χ3n) is 2.10. The maximum atomic E-state index is 11.1. The van der Waals surface area contributed by atoms with E-state index < -0.39 is 0 Å². The zero-order valence-electron chi connectivity index (χ0n) is 8.01. The molecular weight excluding hydrogens is 168 g/mol. The van der Waals surface area contributed by atoms with E-state index in [1.165, 1.54) is 0 Å². The smallest absolute Gasteiger partial charge is 0.325 e. The molecule has 13 heavy (non-hydrogen) atoms. The number of esters is 1. The Labute approximate surface area is 78.4 Å². The molecule has 0 unspecified atom stereocenters. The molecule has 0 aliphatic carbocycles. The molecule has 0 radical (unpaired) electrons. The zero-order valence-corrected chi connectivity index (χ0v) is 8.01. The van der Waals surface area contributed by atoms with Crippen molar-refractivity contribution in [2.75, 3.05) is 19.7 Å². The van der Waals surface area contributed by atoms with Gasteiger partial charge in [-0.25, -0.2) is 0 Å². The second kappa shape index (κ2) is 4.84. The number of amidine groups is 1. The molecule has 1 fully saturated rings. The molecule has 74 valence electrons. The zero-order chi connectivity index (χ0) is 9.68. The number of ether oxygens (including phenoxy) is 1. The van der Waals surface area contributed by atoms with Gasteiger partial charge in [0.05, 0.1) is 12.4 Å². The Morgan fingerprint density at radius 1 is 1.62 bits per heavy atom. The highest BCUT2D eigenvalue weighted by molar-refractivity contribution is 5.84. The Morgan fingerprint density at radius 3 is 3.00 bits per heavy atom. The van der Waals surface area contributed by atoms with E-state index in [1.54, 1.807) is 11.8 Å². The molecule has 0 aromatic heterocycles. The van der Waals surface area contributed by atoms with E-state index in [2.05, 4.69) is 0 Å². The SMILES string of the molecule is CCOC(=O)CN1CCCCC1=N. The van der Waals surface area contributed by atoms with Crippen LogP contribution in [0.5, 0.6) is 0 Å². The second-order valence-electron chi connectivity index (χ2n) is 3.13. The van der Waals surface area contributed by atoms with E-state index in [9.17, 15) is 4.79 Å². The van der Waals surface area contributed by atoms with Crippen LogP contribution in [0.2, 0.25) is 0 Å². The van der Waals surface area contributed by atoms with Crippen molar-refractivity contribution in [2.45, 2.75) is 26.2 Å². The molecular formula is C9H16N2O2. The minimum atomic E-state index is -0.228. The Morgan fingerprint density at radius 2 is 2.38 bits per heavy atom. The molecule has 1 aliphatic heterocycles. The number of piperidine rings is 1. The standard InChI is InChI=1S/C9H16N2O2/c1-2-13-9(12)7-11-6-4-3-5-8(11)10/h10H,2-7H2,1H3. The predicted octanol–water partition coefficient (Wildman–Crippen LogP) is 1.01. The Kier molecular flexibility index (Phi) is 3.73. The van der Waals surface area contributed by atoms with Gasteiger partial charge in [0.2, 0.25) is 0 Å². The van der Waals surface area contributed by atoms with Crippen molar-refractivity contribution in [3.05, 3.63) is 0 Å². The highest BCUT2D eigenvalue weighted by Crippen LogP contribution is 2.10. The number of hydrogen-bond acceptors (Lipinski definition) is 3. The van der Waals surface area contributed by atoms with Gasteiger partial charge in [-0.15, -0.1) is 0 Å². The number of nitrogens with zero attached hydrogens (tertiary/aromatic N) is 1. The highest BCUT2D eigenvalue weighted by Gasteiger charge is 2.17. The van der Waals surface area contributed by atoms with Crippen LogP contribution in [0.1, 0.15) is 26.2 Å². The number of hydrogen-bond donors (Lipinski definition) is 1. The number of carbonyl (C=O) groups excluding carboxylic acids is 1. The monoisotopic (exact) mass is 184 g/mol. The summed E-state index contributed by atoms with van der Waals surface area (Å²) < 4.78 is 4.82. The van der Waals surface area contributed by atoms with Crippen molar-refractivity contribution in [2.24, 2.45) is 0 Å². The fraction of sp³-hybridized carbons (Fsp3) is 0.778. The summed E-state index contributed by atoms with van der Waals surface area (Å²) in [5.41, 5.74) is 0. The first-order valence-corrected chi connectivity index (χ1v) is 4.72. The summed E-state index contributed by atoms with van der Waals surface area (Å²) in [7, 11) is 0. The third kappa shape index (κ3) is 3.05. The van der Waals surface area contributed by atoms with Gasteiger partial charge in [0.15, 0.2) is 0 Å². The van der Waals surface area contributed by atoms with Crippen LogP contribution >= 0.6 is 0 Å². The summed E-state index contributed by atoms with van der Waals surface area (Å²) in [5.74, 6) is 0.341. The maximum absolute atomic E-state index is 11.1. The van der Waals surface area contributed by atoms with Crippen molar-refractivity contribution in [1.29, 1.82) is 5.41 Å². The van der Waals surface area contributed by atoms with Crippen LogP contribution in [-0.2, 0) is 9.53 Å². The van der Waals surface area contributed by atoms with Gasteiger partial charge in [0.1, 0.15) is 6.54 Å². The van der Waals surface area contributed by atoms with E-state index in [1.807, 2.05) is 0 Å². The molecule has 0 aromatic carbocycles. The molecule has 0 aromatic rings. The van der Waals surface area contributed by atoms with E-state index in [4.69, 9.17) is 10.1 Å². The van der Waals surface area contributed by atoms with Crippen molar-refractivity contribution in [1.82, 2.24) is 4.90 Å². The van der Waals surface area contributed by atoms with Crippen LogP contribution in [0, 0.1) is 5.41 Å². The average molecular weight is 184 g/mol. The lowest BCUT2D eigenvalue weighted by molar-refractivity contribution is -0.143. The quantitative estimate of drug-likeness (QED) is 0.666. The molecule has 1 heterocycles.